The third kappa shape index (κ3) is 6.57. The van der Waals surface area contributed by atoms with Crippen LogP contribution in [0.15, 0.2) is 39.0 Å². The average molecular weight is 349 g/mol. The molecule has 0 N–H and O–H groups in total. The van der Waals surface area contributed by atoms with Crippen molar-refractivity contribution in [2.45, 2.75) is 34.1 Å². The fraction of sp³-hybridized carbons (Fsp3) is 0.312. The van der Waals surface area contributed by atoms with Gasteiger partial charge in [-0.1, -0.05) is 36.4 Å². The van der Waals surface area contributed by atoms with Crippen molar-refractivity contribution in [2.75, 3.05) is 0 Å². The molecule has 0 radical (unpaired) electrons. The van der Waals surface area contributed by atoms with E-state index in [4.69, 9.17) is 23.2 Å². The molecule has 1 rings (SSSR count). The first-order valence-electron chi connectivity index (χ1n) is 6.55. The van der Waals surface area contributed by atoms with E-state index >= 15 is 0 Å². The Kier molecular flexibility index (Phi) is 11.2. The first-order valence-corrected chi connectivity index (χ1v) is 7.30. The van der Waals surface area contributed by atoms with Gasteiger partial charge in [0, 0.05) is 16.3 Å². The minimum absolute atomic E-state index is 0. The molecule has 0 saturated heterocycles. The van der Waals surface area contributed by atoms with Crippen molar-refractivity contribution in [1.82, 2.24) is 0 Å². The van der Waals surface area contributed by atoms with Crippen molar-refractivity contribution in [3.63, 3.8) is 0 Å². The zero-order valence-electron chi connectivity index (χ0n) is 13.2. The summed E-state index contributed by atoms with van der Waals surface area (Å²) in [6.07, 6.45) is 4.25. The van der Waals surface area contributed by atoms with E-state index in [1.165, 1.54) is 0 Å². The monoisotopic (exact) mass is 348 g/mol. The molecule has 0 aliphatic carbocycles. The fourth-order valence-corrected chi connectivity index (χ4v) is 2.33. The van der Waals surface area contributed by atoms with Crippen LogP contribution in [0.3, 0.4) is 0 Å². The smallest absolute Gasteiger partial charge is 0.342 e. The Labute approximate surface area is 180 Å². The zero-order chi connectivity index (χ0) is 15.1. The van der Waals surface area contributed by atoms with Crippen molar-refractivity contribution in [3.8, 4) is 0 Å². The van der Waals surface area contributed by atoms with Gasteiger partial charge in [0.15, 0.2) is 0 Å². The van der Waals surface area contributed by atoms with E-state index in [0.29, 0.717) is 15.9 Å². The summed E-state index contributed by atoms with van der Waals surface area (Å²) in [6.45, 7) is 7.75. The standard InChI is InChI=1S/C16H19Cl2N2.K/c1-5-14(12-9-8-11(4)10-13(12)17)20-15(6-2)16(18)19-7-3;/h6-10H,5H2,1-4H3;/q-1;+1/b16-15+,19-7-,20-14?;. The van der Waals surface area contributed by atoms with E-state index in [-0.39, 0.29) is 51.4 Å². The second-order valence-corrected chi connectivity index (χ2v) is 5.01. The second-order valence-electron chi connectivity index (χ2n) is 4.25. The van der Waals surface area contributed by atoms with E-state index in [1.807, 2.05) is 52.3 Å². The number of rotatable bonds is 5. The number of benzene rings is 1. The van der Waals surface area contributed by atoms with Gasteiger partial charge in [-0.25, -0.2) is 6.42 Å². The molecule has 0 spiro atoms. The van der Waals surface area contributed by atoms with Crippen LogP contribution < -0.4 is 51.4 Å². The van der Waals surface area contributed by atoms with Crippen LogP contribution in [-0.2, 0) is 0 Å². The summed E-state index contributed by atoms with van der Waals surface area (Å²) >= 11 is 12.4. The van der Waals surface area contributed by atoms with Crippen LogP contribution in [-0.4, -0.2) is 11.9 Å². The molecule has 108 valence electrons. The first-order chi connectivity index (χ1) is 9.53. The average Bonchev–Trinajstić information content (AvgIpc) is 2.41. The molecule has 1 aromatic carbocycles. The summed E-state index contributed by atoms with van der Waals surface area (Å²) in [5.41, 5.74) is 3.61. The van der Waals surface area contributed by atoms with Crippen LogP contribution in [0.5, 0.6) is 0 Å². The molecule has 0 amide bonds. The maximum absolute atomic E-state index is 6.30. The molecule has 0 atom stereocenters. The van der Waals surface area contributed by atoms with Gasteiger partial charge in [-0.05, 0) is 43.3 Å². The topological polar surface area (TPSA) is 24.7 Å². The molecule has 0 aliphatic heterocycles. The molecular weight excluding hydrogens is 330 g/mol. The maximum Gasteiger partial charge on any atom is 1.00 e. The number of allylic oxidation sites excluding steroid dienone is 1. The van der Waals surface area contributed by atoms with Crippen LogP contribution in [0.25, 0.3) is 0 Å². The summed E-state index contributed by atoms with van der Waals surface area (Å²) in [5.74, 6) is 0. The number of nitrogens with zero attached hydrogens (tertiary/aromatic N) is 2. The van der Waals surface area contributed by atoms with Crippen LogP contribution >= 0.6 is 23.2 Å². The van der Waals surface area contributed by atoms with Gasteiger partial charge < -0.3 is 4.99 Å². The van der Waals surface area contributed by atoms with Crippen molar-refractivity contribution in [2.24, 2.45) is 9.98 Å². The minimum atomic E-state index is 0. The van der Waals surface area contributed by atoms with Gasteiger partial charge in [0.05, 0.1) is 0 Å². The third-order valence-electron chi connectivity index (χ3n) is 2.75. The number of aryl methyl sites for hydroxylation is 1. The Morgan fingerprint density at radius 2 is 2.05 bits per heavy atom. The van der Waals surface area contributed by atoms with E-state index in [1.54, 1.807) is 6.21 Å². The predicted octanol–water partition coefficient (Wildman–Crippen LogP) is 2.57. The quantitative estimate of drug-likeness (QED) is 0.338. The minimum Gasteiger partial charge on any atom is -0.342 e. The molecule has 0 fully saturated rings. The number of hydrogen-bond acceptors (Lipinski definition) is 2. The van der Waals surface area contributed by atoms with E-state index in [0.717, 1.165) is 23.3 Å². The molecule has 0 saturated carbocycles. The Bertz CT molecular complexity index is 563. The Morgan fingerprint density at radius 1 is 1.38 bits per heavy atom. The van der Waals surface area contributed by atoms with Gasteiger partial charge in [-0.2, -0.15) is 11.6 Å². The molecule has 0 unspecified atom stereocenters. The Morgan fingerprint density at radius 3 is 2.52 bits per heavy atom. The first kappa shape index (κ1) is 21.4. The van der Waals surface area contributed by atoms with Crippen molar-refractivity contribution < 1.29 is 51.4 Å². The Balaban J connectivity index is 0.00000400. The Hall–Kier alpha value is 0.386. The van der Waals surface area contributed by atoms with Crippen LogP contribution in [0.2, 0.25) is 5.02 Å². The van der Waals surface area contributed by atoms with Crippen molar-refractivity contribution >= 4 is 35.1 Å². The molecule has 0 heterocycles. The maximum atomic E-state index is 6.30. The normalized spacial score (nSPS) is 13.0. The van der Waals surface area contributed by atoms with Crippen LogP contribution in [0.4, 0.5) is 0 Å². The van der Waals surface area contributed by atoms with Crippen LogP contribution in [0.1, 0.15) is 38.3 Å². The summed E-state index contributed by atoms with van der Waals surface area (Å²) in [5, 5.41) is 1.08. The molecule has 0 aromatic heterocycles. The van der Waals surface area contributed by atoms with E-state index in [2.05, 4.69) is 9.98 Å². The molecule has 5 heteroatoms. The molecular formula is C16H19Cl2KN2. The van der Waals surface area contributed by atoms with Gasteiger partial charge in [-0.15, -0.1) is 6.92 Å². The summed E-state index contributed by atoms with van der Waals surface area (Å²) in [7, 11) is 0. The second kappa shape index (κ2) is 11.0. The van der Waals surface area contributed by atoms with Gasteiger partial charge in [-0.3, -0.25) is 4.99 Å². The van der Waals surface area contributed by atoms with Gasteiger partial charge >= 0.3 is 51.4 Å². The fourth-order valence-electron chi connectivity index (χ4n) is 1.74. The van der Waals surface area contributed by atoms with Gasteiger partial charge in [0.25, 0.3) is 0 Å². The van der Waals surface area contributed by atoms with Gasteiger partial charge in [0.1, 0.15) is 0 Å². The molecule has 0 aliphatic rings. The number of halogens is 2. The zero-order valence-corrected chi connectivity index (χ0v) is 17.9. The van der Waals surface area contributed by atoms with Crippen molar-refractivity contribution in [1.29, 1.82) is 0 Å². The van der Waals surface area contributed by atoms with Gasteiger partial charge in [0.2, 0.25) is 0 Å². The molecule has 1 aromatic rings. The van der Waals surface area contributed by atoms with Crippen molar-refractivity contribution in [3.05, 3.63) is 51.6 Å². The number of hydrogen-bond donors (Lipinski definition) is 0. The van der Waals surface area contributed by atoms with Crippen LogP contribution in [0, 0.1) is 13.3 Å². The van der Waals surface area contributed by atoms with E-state index < -0.39 is 0 Å². The van der Waals surface area contributed by atoms with E-state index in [9.17, 15) is 0 Å². The summed E-state index contributed by atoms with van der Waals surface area (Å²) in [6, 6.07) is 5.95. The predicted molar refractivity (Wildman–Crippen MR) is 90.0 cm³/mol. The molecule has 0 bridgehead atoms. The SMILES string of the molecule is C/C=N\C(Cl)=C(/[CH-]C)N=C(CC)c1ccc(C)cc1Cl.[K+]. The molecule has 2 nitrogen and oxygen atoms in total. The third-order valence-corrected chi connectivity index (χ3v) is 3.36. The molecule has 21 heavy (non-hydrogen) atoms. The summed E-state index contributed by atoms with van der Waals surface area (Å²) < 4.78 is 0. The largest absolute Gasteiger partial charge is 1.00 e. The summed E-state index contributed by atoms with van der Waals surface area (Å²) in [4.78, 5) is 8.66. The number of aliphatic imine (C=N–C) groups is 2.